The highest BCUT2D eigenvalue weighted by Gasteiger charge is 2.18. The summed E-state index contributed by atoms with van der Waals surface area (Å²) in [6.45, 7) is 0.382. The minimum absolute atomic E-state index is 0.118. The molecular weight excluding hydrogens is 424 g/mol. The van der Waals surface area contributed by atoms with E-state index in [2.05, 4.69) is 20.7 Å². The maximum absolute atomic E-state index is 13.0. The number of para-hydroxylation sites is 2. The molecule has 1 heterocycles. The number of nitrogens with zero attached hydrogens (tertiary/aromatic N) is 3. The highest BCUT2D eigenvalue weighted by molar-refractivity contribution is 6.31. The quantitative estimate of drug-likeness (QED) is 0.291. The number of aliphatic imine (C=N–C) groups is 1. The fourth-order valence-corrected chi connectivity index (χ4v) is 3.26. The Morgan fingerprint density at radius 2 is 1.50 bits per heavy atom. The molecule has 0 unspecified atom stereocenters. The second kappa shape index (κ2) is 9.80. The summed E-state index contributed by atoms with van der Waals surface area (Å²) in [5.41, 5.74) is 8.69. The van der Waals surface area contributed by atoms with Gasteiger partial charge in [-0.05, 0) is 35.9 Å². The van der Waals surface area contributed by atoms with Crippen LogP contribution in [-0.2, 0) is 6.54 Å². The van der Waals surface area contributed by atoms with E-state index in [0.29, 0.717) is 22.8 Å². The van der Waals surface area contributed by atoms with E-state index in [-0.39, 0.29) is 17.7 Å². The third kappa shape index (κ3) is 5.33. The number of nitrogens with one attached hydrogen (secondary N) is 2. The second-order valence-electron chi connectivity index (χ2n) is 6.96. The molecule has 0 saturated carbocycles. The van der Waals surface area contributed by atoms with E-state index in [1.807, 2.05) is 72.8 Å². The van der Waals surface area contributed by atoms with Gasteiger partial charge in [-0.3, -0.25) is 9.48 Å². The molecule has 0 atom stereocenters. The van der Waals surface area contributed by atoms with Crippen molar-refractivity contribution in [2.24, 2.45) is 10.7 Å². The maximum atomic E-state index is 13.0. The monoisotopic (exact) mass is 444 g/mol. The Balaban J connectivity index is 1.64. The van der Waals surface area contributed by atoms with Crippen LogP contribution < -0.4 is 16.4 Å². The summed E-state index contributed by atoms with van der Waals surface area (Å²) in [7, 11) is 0. The van der Waals surface area contributed by atoms with E-state index < -0.39 is 0 Å². The Labute approximate surface area is 190 Å². The molecule has 4 aromatic rings. The third-order valence-electron chi connectivity index (χ3n) is 4.58. The SMILES string of the molecule is NC(=Nc1nn(Cc2ccccc2Cl)cc1C(=O)Nc1ccccc1)Nc1ccccc1. The maximum Gasteiger partial charge on any atom is 0.261 e. The predicted molar refractivity (Wildman–Crippen MR) is 129 cm³/mol. The van der Waals surface area contributed by atoms with E-state index in [4.69, 9.17) is 17.3 Å². The molecular formula is C24H21ClN6O. The molecule has 7 nitrogen and oxygen atoms in total. The lowest BCUT2D eigenvalue weighted by Gasteiger charge is -2.05. The summed E-state index contributed by atoms with van der Waals surface area (Å²) in [5, 5.41) is 11.0. The van der Waals surface area contributed by atoms with Crippen molar-refractivity contribution in [3.05, 3.63) is 107 Å². The molecule has 0 radical (unpaired) electrons. The van der Waals surface area contributed by atoms with Gasteiger partial charge in [-0.15, -0.1) is 0 Å². The van der Waals surface area contributed by atoms with Crippen molar-refractivity contribution in [3.63, 3.8) is 0 Å². The molecule has 3 aromatic carbocycles. The molecule has 4 N–H and O–H groups in total. The summed E-state index contributed by atoms with van der Waals surface area (Å²) in [6.07, 6.45) is 1.64. The summed E-state index contributed by atoms with van der Waals surface area (Å²) in [4.78, 5) is 17.3. The zero-order chi connectivity index (χ0) is 22.3. The molecule has 4 rings (SSSR count). The zero-order valence-corrected chi connectivity index (χ0v) is 17.8. The number of anilines is 2. The van der Waals surface area contributed by atoms with Crippen LogP contribution in [0, 0.1) is 0 Å². The molecule has 0 aliphatic heterocycles. The first-order valence-electron chi connectivity index (χ1n) is 9.92. The lowest BCUT2D eigenvalue weighted by molar-refractivity contribution is 0.102. The Morgan fingerprint density at radius 3 is 2.16 bits per heavy atom. The Morgan fingerprint density at radius 1 is 0.906 bits per heavy atom. The van der Waals surface area contributed by atoms with Crippen LogP contribution in [-0.4, -0.2) is 21.6 Å². The number of rotatable bonds is 6. The van der Waals surface area contributed by atoms with Crippen molar-refractivity contribution in [2.45, 2.75) is 6.54 Å². The van der Waals surface area contributed by atoms with E-state index >= 15 is 0 Å². The van der Waals surface area contributed by atoms with Gasteiger partial charge in [0.2, 0.25) is 0 Å². The second-order valence-corrected chi connectivity index (χ2v) is 7.37. The Bertz CT molecular complexity index is 1240. The van der Waals surface area contributed by atoms with E-state index in [1.165, 1.54) is 0 Å². The van der Waals surface area contributed by atoms with Crippen molar-refractivity contribution in [3.8, 4) is 0 Å². The van der Waals surface area contributed by atoms with Gasteiger partial charge in [0.05, 0.1) is 6.54 Å². The number of hydrogen-bond acceptors (Lipinski definition) is 3. The van der Waals surface area contributed by atoms with Gasteiger partial charge >= 0.3 is 0 Å². The first-order valence-corrected chi connectivity index (χ1v) is 10.3. The van der Waals surface area contributed by atoms with Crippen LogP contribution in [0.2, 0.25) is 5.02 Å². The number of guanidine groups is 1. The molecule has 160 valence electrons. The summed E-state index contributed by atoms with van der Waals surface area (Å²) in [5.74, 6) is -0.0211. The fraction of sp³-hybridized carbons (Fsp3) is 0.0417. The molecule has 1 aromatic heterocycles. The van der Waals surface area contributed by atoms with Gasteiger partial charge in [-0.25, -0.2) is 0 Å². The Hall–Kier alpha value is -4.10. The number of carbonyl (C=O) groups excluding carboxylic acids is 1. The summed E-state index contributed by atoms with van der Waals surface area (Å²) < 4.78 is 1.62. The van der Waals surface area contributed by atoms with Gasteiger partial charge in [0.25, 0.3) is 5.91 Å². The number of carbonyl (C=O) groups is 1. The van der Waals surface area contributed by atoms with Gasteiger partial charge in [0, 0.05) is 22.6 Å². The Kier molecular flexibility index (Phi) is 6.48. The normalized spacial score (nSPS) is 11.2. The minimum Gasteiger partial charge on any atom is -0.369 e. The average molecular weight is 445 g/mol. The molecule has 0 aliphatic carbocycles. The molecule has 1 amide bonds. The first-order chi connectivity index (χ1) is 15.6. The van der Waals surface area contributed by atoms with Gasteiger partial charge in [-0.2, -0.15) is 10.1 Å². The van der Waals surface area contributed by atoms with Crippen molar-refractivity contribution >= 4 is 40.7 Å². The first kappa shape index (κ1) is 21.1. The van der Waals surface area contributed by atoms with Gasteiger partial charge in [0.15, 0.2) is 11.8 Å². The average Bonchev–Trinajstić information content (AvgIpc) is 3.19. The number of hydrogen-bond donors (Lipinski definition) is 3. The van der Waals surface area contributed by atoms with Gasteiger partial charge < -0.3 is 16.4 Å². The van der Waals surface area contributed by atoms with E-state index in [0.717, 1.165) is 11.3 Å². The fourth-order valence-electron chi connectivity index (χ4n) is 3.07. The minimum atomic E-state index is -0.340. The number of amides is 1. The van der Waals surface area contributed by atoms with Crippen LogP contribution in [0.1, 0.15) is 15.9 Å². The molecule has 0 spiro atoms. The van der Waals surface area contributed by atoms with E-state index in [9.17, 15) is 4.79 Å². The summed E-state index contributed by atoms with van der Waals surface area (Å²) >= 11 is 6.29. The molecule has 8 heteroatoms. The number of halogens is 1. The topological polar surface area (TPSA) is 97.3 Å². The smallest absolute Gasteiger partial charge is 0.261 e. The molecule has 0 fully saturated rings. The van der Waals surface area contributed by atoms with Crippen LogP contribution >= 0.6 is 11.6 Å². The van der Waals surface area contributed by atoms with Crippen LogP contribution in [0.25, 0.3) is 0 Å². The predicted octanol–water partition coefficient (Wildman–Crippen LogP) is 4.90. The van der Waals surface area contributed by atoms with Crippen LogP contribution in [0.3, 0.4) is 0 Å². The highest BCUT2D eigenvalue weighted by atomic mass is 35.5. The van der Waals surface area contributed by atoms with Crippen LogP contribution in [0.5, 0.6) is 0 Å². The molecule has 0 saturated heterocycles. The van der Waals surface area contributed by atoms with Gasteiger partial charge in [-0.1, -0.05) is 66.2 Å². The number of aromatic nitrogens is 2. The lowest BCUT2D eigenvalue weighted by Crippen LogP contribution is -2.22. The van der Waals surface area contributed by atoms with Gasteiger partial charge in [0.1, 0.15) is 5.56 Å². The lowest BCUT2D eigenvalue weighted by atomic mass is 10.2. The zero-order valence-electron chi connectivity index (χ0n) is 17.1. The summed E-state index contributed by atoms with van der Waals surface area (Å²) in [6, 6.07) is 26.0. The molecule has 32 heavy (non-hydrogen) atoms. The van der Waals surface area contributed by atoms with Crippen LogP contribution in [0.15, 0.2) is 96.1 Å². The van der Waals surface area contributed by atoms with Crippen LogP contribution in [0.4, 0.5) is 17.2 Å². The number of nitrogens with two attached hydrogens (primary N) is 1. The van der Waals surface area contributed by atoms with Crippen molar-refractivity contribution in [2.75, 3.05) is 10.6 Å². The molecule has 0 aliphatic rings. The third-order valence-corrected chi connectivity index (χ3v) is 4.95. The van der Waals surface area contributed by atoms with Crippen molar-refractivity contribution in [1.82, 2.24) is 9.78 Å². The largest absolute Gasteiger partial charge is 0.369 e. The van der Waals surface area contributed by atoms with Crippen molar-refractivity contribution in [1.29, 1.82) is 0 Å². The standard InChI is InChI=1S/C24H21ClN6O/c25-21-14-8-7-9-17(21)15-31-16-20(23(32)27-18-10-3-1-4-11-18)22(30-31)29-24(26)28-19-12-5-2-6-13-19/h1-14,16H,15H2,(H,27,32)(H3,26,28,29,30). The number of benzene rings is 3. The molecule has 0 bridgehead atoms. The van der Waals surface area contributed by atoms with Crippen molar-refractivity contribution < 1.29 is 4.79 Å². The van der Waals surface area contributed by atoms with E-state index in [1.54, 1.807) is 23.0 Å². The highest BCUT2D eigenvalue weighted by Crippen LogP contribution is 2.22.